The molecule has 0 bridgehead atoms. The van der Waals surface area contributed by atoms with Crippen LogP contribution in [0, 0.1) is 19.8 Å². The Kier molecular flexibility index (Phi) is 9.32. The molecule has 1 amide bonds. The highest BCUT2D eigenvalue weighted by atomic mass is 31.1. The van der Waals surface area contributed by atoms with Crippen molar-refractivity contribution in [1.29, 1.82) is 0 Å². The Morgan fingerprint density at radius 3 is 2.68 bits per heavy atom. The first-order valence-corrected chi connectivity index (χ1v) is 13.1. The standard InChI is InChI=1S/C28H37N4OP/c1-7-25-26(11-8-18(2)3)34-28(17-30-25)31-21(6)24-15-22(10-9-20(24)5)32-27(33)16-23-14-19(4)12-13-29-23/h7,9-15,17-18,21,28,31,34H,8,16H2,1-6H3,(H,32,33)/b25-7+,26-11-. The first-order chi connectivity index (χ1) is 16.2. The van der Waals surface area contributed by atoms with E-state index >= 15 is 0 Å². The minimum absolute atomic E-state index is 0.0618. The first kappa shape index (κ1) is 26.0. The quantitative estimate of drug-likeness (QED) is 0.430. The van der Waals surface area contributed by atoms with E-state index in [1.54, 1.807) is 6.20 Å². The lowest BCUT2D eigenvalue weighted by Crippen LogP contribution is -2.31. The molecule has 1 aliphatic heterocycles. The molecule has 0 saturated heterocycles. The number of aromatic nitrogens is 1. The van der Waals surface area contributed by atoms with Gasteiger partial charge in [0.2, 0.25) is 5.91 Å². The molecule has 0 aliphatic carbocycles. The summed E-state index contributed by atoms with van der Waals surface area (Å²) in [6.07, 6.45) is 9.55. The molecule has 34 heavy (non-hydrogen) atoms. The molecule has 1 aliphatic rings. The van der Waals surface area contributed by atoms with Gasteiger partial charge in [0.25, 0.3) is 0 Å². The van der Waals surface area contributed by atoms with Gasteiger partial charge in [-0.1, -0.05) is 40.6 Å². The lowest BCUT2D eigenvalue weighted by molar-refractivity contribution is -0.115. The Bertz CT molecular complexity index is 1100. The number of benzene rings is 1. The lowest BCUT2D eigenvalue weighted by Gasteiger charge is -2.26. The Hall–Kier alpha value is -2.62. The van der Waals surface area contributed by atoms with Crippen LogP contribution in [0.25, 0.3) is 0 Å². The van der Waals surface area contributed by atoms with Gasteiger partial charge in [0.05, 0.1) is 17.9 Å². The number of rotatable bonds is 8. The van der Waals surface area contributed by atoms with Gasteiger partial charge in [-0.15, -0.1) is 0 Å². The number of aryl methyl sites for hydroxylation is 2. The van der Waals surface area contributed by atoms with Crippen LogP contribution in [0.1, 0.15) is 62.5 Å². The molecule has 3 rings (SSSR count). The van der Waals surface area contributed by atoms with Gasteiger partial charge in [0.1, 0.15) is 0 Å². The zero-order valence-electron chi connectivity index (χ0n) is 21.1. The van der Waals surface area contributed by atoms with Gasteiger partial charge in [-0.3, -0.25) is 20.1 Å². The van der Waals surface area contributed by atoms with Crippen LogP contribution in [-0.4, -0.2) is 22.9 Å². The molecule has 5 nitrogen and oxygen atoms in total. The fourth-order valence-electron chi connectivity index (χ4n) is 3.94. The molecule has 3 unspecified atom stereocenters. The summed E-state index contributed by atoms with van der Waals surface area (Å²) in [5, 5.41) is 8.11. The highest BCUT2D eigenvalue weighted by Crippen LogP contribution is 2.39. The van der Waals surface area contributed by atoms with E-state index in [0.717, 1.165) is 29.1 Å². The maximum atomic E-state index is 12.6. The number of aliphatic imine (C=N–C) groups is 1. The Morgan fingerprint density at radius 1 is 1.18 bits per heavy atom. The third kappa shape index (κ3) is 7.44. The average molecular weight is 477 g/mol. The number of anilines is 1. The van der Waals surface area contributed by atoms with Crippen LogP contribution in [0.5, 0.6) is 0 Å². The molecule has 6 heteroatoms. The van der Waals surface area contributed by atoms with E-state index in [0.29, 0.717) is 14.5 Å². The highest BCUT2D eigenvalue weighted by molar-refractivity contribution is 7.45. The molecule has 1 aromatic carbocycles. The summed E-state index contributed by atoms with van der Waals surface area (Å²) in [5.74, 6) is 0.768. The van der Waals surface area contributed by atoms with Crippen LogP contribution >= 0.6 is 8.58 Å². The van der Waals surface area contributed by atoms with E-state index in [4.69, 9.17) is 4.99 Å². The molecule has 2 heterocycles. The van der Waals surface area contributed by atoms with E-state index in [1.165, 1.54) is 16.4 Å². The number of carbonyl (C=O) groups is 1. The van der Waals surface area contributed by atoms with E-state index in [-0.39, 0.29) is 24.2 Å². The molecule has 3 atom stereocenters. The monoisotopic (exact) mass is 476 g/mol. The third-order valence-electron chi connectivity index (χ3n) is 5.79. The second kappa shape index (κ2) is 12.2. The van der Waals surface area contributed by atoms with Crippen molar-refractivity contribution in [3.63, 3.8) is 0 Å². The zero-order valence-corrected chi connectivity index (χ0v) is 22.1. The van der Waals surface area contributed by atoms with Crippen LogP contribution in [0.4, 0.5) is 5.69 Å². The van der Waals surface area contributed by atoms with Crippen molar-refractivity contribution in [1.82, 2.24) is 10.3 Å². The SMILES string of the molecule is C/C=C1/N=CC(NC(C)c2cc(NC(=O)Cc3cc(C)ccn3)ccc2C)P/C1=C\CC(C)C. The minimum atomic E-state index is -0.0618. The number of pyridine rings is 1. The normalized spacial score (nSPS) is 19.8. The van der Waals surface area contributed by atoms with Gasteiger partial charge in [-0.05, 0) is 86.3 Å². The molecule has 2 N–H and O–H groups in total. The minimum Gasteiger partial charge on any atom is -0.326 e. The smallest absolute Gasteiger partial charge is 0.230 e. The molecule has 0 spiro atoms. The van der Waals surface area contributed by atoms with Crippen LogP contribution in [0.15, 0.2) is 64.7 Å². The van der Waals surface area contributed by atoms with Crippen molar-refractivity contribution in [2.24, 2.45) is 10.9 Å². The molecule has 0 saturated carbocycles. The molecule has 1 aromatic heterocycles. The van der Waals surface area contributed by atoms with Gasteiger partial charge >= 0.3 is 0 Å². The molecule has 0 radical (unpaired) electrons. The van der Waals surface area contributed by atoms with Crippen molar-refractivity contribution in [3.05, 3.63) is 82.1 Å². The summed E-state index contributed by atoms with van der Waals surface area (Å²) in [6.45, 7) is 12.8. The van der Waals surface area contributed by atoms with Gasteiger partial charge in [-0.25, -0.2) is 0 Å². The number of hydrogen-bond donors (Lipinski definition) is 2. The largest absolute Gasteiger partial charge is 0.326 e. The average Bonchev–Trinajstić information content (AvgIpc) is 2.79. The summed E-state index contributed by atoms with van der Waals surface area (Å²) in [6, 6.07) is 10.1. The fraction of sp³-hybridized carbons (Fsp3) is 0.393. The van der Waals surface area contributed by atoms with Crippen LogP contribution in [0.2, 0.25) is 0 Å². The van der Waals surface area contributed by atoms with Crippen molar-refractivity contribution in [2.45, 2.75) is 66.2 Å². The number of carbonyl (C=O) groups excluding carboxylic acids is 1. The predicted octanol–water partition coefficient (Wildman–Crippen LogP) is 6.45. The van der Waals surface area contributed by atoms with Crippen molar-refractivity contribution in [2.75, 3.05) is 5.32 Å². The van der Waals surface area contributed by atoms with Crippen molar-refractivity contribution >= 4 is 26.4 Å². The maximum Gasteiger partial charge on any atom is 0.230 e. The number of amides is 1. The molecule has 2 aromatic rings. The summed E-state index contributed by atoms with van der Waals surface area (Å²) >= 11 is 0. The molecule has 0 fully saturated rings. The van der Waals surface area contributed by atoms with Gasteiger partial charge in [-0.2, -0.15) is 0 Å². The molecule has 180 valence electrons. The zero-order chi connectivity index (χ0) is 24.7. The van der Waals surface area contributed by atoms with Crippen molar-refractivity contribution < 1.29 is 4.79 Å². The molecular formula is C28H37N4OP. The predicted molar refractivity (Wildman–Crippen MR) is 146 cm³/mol. The summed E-state index contributed by atoms with van der Waals surface area (Å²) in [4.78, 5) is 21.6. The van der Waals surface area contributed by atoms with E-state index in [2.05, 4.69) is 74.5 Å². The lowest BCUT2D eigenvalue weighted by atomic mass is 10.0. The fourth-order valence-corrected chi connectivity index (χ4v) is 5.35. The first-order valence-electron chi connectivity index (χ1n) is 12.0. The van der Waals surface area contributed by atoms with E-state index in [1.807, 2.05) is 31.3 Å². The van der Waals surface area contributed by atoms with Gasteiger partial charge in [0.15, 0.2) is 0 Å². The van der Waals surface area contributed by atoms with E-state index in [9.17, 15) is 4.79 Å². The summed E-state index contributed by atoms with van der Waals surface area (Å²) in [7, 11) is 0.637. The third-order valence-corrected chi connectivity index (χ3v) is 7.19. The van der Waals surface area contributed by atoms with Crippen LogP contribution in [-0.2, 0) is 11.2 Å². The van der Waals surface area contributed by atoms with Gasteiger partial charge in [0, 0.05) is 29.8 Å². The molecular weight excluding hydrogens is 439 g/mol. The number of nitrogens with zero attached hydrogens (tertiary/aromatic N) is 2. The second-order valence-electron chi connectivity index (χ2n) is 9.33. The maximum absolute atomic E-state index is 12.6. The topological polar surface area (TPSA) is 66.4 Å². The number of allylic oxidation sites excluding steroid dienone is 3. The summed E-state index contributed by atoms with van der Waals surface area (Å²) < 4.78 is 0. The Balaban J connectivity index is 1.68. The van der Waals surface area contributed by atoms with Gasteiger partial charge < -0.3 is 5.32 Å². The van der Waals surface area contributed by atoms with E-state index < -0.39 is 0 Å². The van der Waals surface area contributed by atoms with Crippen LogP contribution in [0.3, 0.4) is 0 Å². The Morgan fingerprint density at radius 2 is 1.97 bits per heavy atom. The summed E-state index contributed by atoms with van der Waals surface area (Å²) in [5.41, 5.74) is 6.15. The number of hydrogen-bond acceptors (Lipinski definition) is 4. The second-order valence-corrected chi connectivity index (χ2v) is 10.8. The van der Waals surface area contributed by atoms with Crippen molar-refractivity contribution in [3.8, 4) is 0 Å². The number of nitrogens with one attached hydrogen (secondary N) is 2. The highest BCUT2D eigenvalue weighted by Gasteiger charge is 2.20. The Labute approximate surface area is 206 Å². The van der Waals surface area contributed by atoms with Crippen LogP contribution < -0.4 is 10.6 Å².